The van der Waals surface area contributed by atoms with E-state index in [1.54, 1.807) is 17.0 Å². The van der Waals surface area contributed by atoms with Gasteiger partial charge in [-0.2, -0.15) is 0 Å². The van der Waals surface area contributed by atoms with Crippen LogP contribution >= 0.6 is 0 Å². The van der Waals surface area contributed by atoms with Crippen LogP contribution in [0.2, 0.25) is 0 Å². The minimum atomic E-state index is -1.52. The van der Waals surface area contributed by atoms with E-state index in [1.807, 2.05) is 58.0 Å². The van der Waals surface area contributed by atoms with Gasteiger partial charge in [0.05, 0.1) is 24.8 Å². The molecule has 1 saturated carbocycles. The van der Waals surface area contributed by atoms with E-state index in [-0.39, 0.29) is 63.9 Å². The van der Waals surface area contributed by atoms with Crippen molar-refractivity contribution in [1.82, 2.24) is 10.2 Å². The lowest BCUT2D eigenvalue weighted by molar-refractivity contribution is -0.256. The van der Waals surface area contributed by atoms with Crippen molar-refractivity contribution in [1.29, 1.82) is 0 Å². The summed E-state index contributed by atoms with van der Waals surface area (Å²) < 4.78 is 38.2. The summed E-state index contributed by atoms with van der Waals surface area (Å²) in [5, 5.41) is 27.7. The Labute approximate surface area is 411 Å². The molecule has 14 heteroatoms. The van der Waals surface area contributed by atoms with Crippen molar-refractivity contribution < 1.29 is 53.1 Å². The topological polar surface area (TPSA) is 167 Å². The third-order valence-corrected chi connectivity index (χ3v) is 13.7. The maximum absolute atomic E-state index is 15.1. The minimum Gasteiger partial charge on any atom is -0.459 e. The van der Waals surface area contributed by atoms with Crippen LogP contribution in [0.4, 0.5) is 9.59 Å². The third kappa shape index (κ3) is 14.2. The van der Waals surface area contributed by atoms with E-state index < -0.39 is 35.5 Å². The van der Waals surface area contributed by atoms with Gasteiger partial charge in [0.1, 0.15) is 23.1 Å². The fourth-order valence-corrected chi connectivity index (χ4v) is 10.6. The predicted octanol–water partition coefficient (Wildman–Crippen LogP) is 11.5. The summed E-state index contributed by atoms with van der Waals surface area (Å²) in [6.45, 7) is 15.2. The van der Waals surface area contributed by atoms with Crippen molar-refractivity contribution >= 4 is 17.9 Å². The second-order valence-electron chi connectivity index (χ2n) is 20.0. The highest BCUT2D eigenvalue weighted by Crippen LogP contribution is 2.62. The molecule has 14 nitrogen and oxygen atoms in total. The molecule has 382 valence electrons. The van der Waals surface area contributed by atoms with Gasteiger partial charge < -0.3 is 48.8 Å². The van der Waals surface area contributed by atoms with Crippen molar-refractivity contribution in [3.63, 3.8) is 0 Å². The molecule has 0 spiro atoms. The molecule has 6 atom stereocenters. The number of hydrogen-bond donors (Lipinski definition) is 3. The Hall–Kier alpha value is -4.79. The number of unbranched alkanes of at least 4 members (excludes halogenated alkanes) is 11. The SMILES string of the molecule is C=CCO[C@@]12Oc3ccc(OC(=O)NCC)cc3[C@H]3[C@H](CCCCO)[C@@H](CCCCO)C=C(C(=NOC(C)(C)C)C[C@@H]1N(Cc1ccc4c(c1)OCO4)C(=O)OCCCCCCCCCCCC)[C@H]32. The van der Waals surface area contributed by atoms with Crippen LogP contribution < -0.4 is 24.3 Å². The molecular formula is C55H81N3O11. The van der Waals surface area contributed by atoms with Crippen LogP contribution in [0.25, 0.3) is 0 Å². The van der Waals surface area contributed by atoms with Gasteiger partial charge in [0.25, 0.3) is 0 Å². The van der Waals surface area contributed by atoms with Gasteiger partial charge in [-0.1, -0.05) is 101 Å². The summed E-state index contributed by atoms with van der Waals surface area (Å²) in [7, 11) is 0. The van der Waals surface area contributed by atoms with E-state index in [0.717, 1.165) is 61.6 Å². The summed E-state index contributed by atoms with van der Waals surface area (Å²) in [4.78, 5) is 36.0. The van der Waals surface area contributed by atoms with Crippen molar-refractivity contribution in [2.45, 2.75) is 174 Å². The smallest absolute Gasteiger partial charge is 0.412 e. The number of oxime groups is 1. The summed E-state index contributed by atoms with van der Waals surface area (Å²) in [6, 6.07) is 10.3. The Morgan fingerprint density at radius 1 is 0.884 bits per heavy atom. The highest BCUT2D eigenvalue weighted by atomic mass is 16.7. The van der Waals surface area contributed by atoms with Gasteiger partial charge in [-0.3, -0.25) is 4.90 Å². The fraction of sp³-hybridized carbons (Fsp3) is 0.655. The number of aliphatic hydroxyl groups excluding tert-OH is 2. The Morgan fingerprint density at radius 2 is 1.58 bits per heavy atom. The van der Waals surface area contributed by atoms with Gasteiger partial charge in [-0.15, -0.1) is 6.58 Å². The number of benzene rings is 2. The second kappa shape index (κ2) is 26.4. The molecule has 2 aromatic carbocycles. The predicted molar refractivity (Wildman–Crippen MR) is 267 cm³/mol. The molecule has 0 aromatic heterocycles. The molecule has 1 fully saturated rings. The van der Waals surface area contributed by atoms with Gasteiger partial charge >= 0.3 is 12.2 Å². The number of rotatable bonds is 28. The molecule has 4 aliphatic rings. The van der Waals surface area contributed by atoms with Gasteiger partial charge in [0.2, 0.25) is 12.6 Å². The lowest BCUT2D eigenvalue weighted by atomic mass is 9.55. The zero-order chi connectivity index (χ0) is 49.2. The van der Waals surface area contributed by atoms with E-state index in [0.29, 0.717) is 48.1 Å². The van der Waals surface area contributed by atoms with Crippen LogP contribution in [0.5, 0.6) is 23.0 Å². The number of carbonyl (C=O) groups is 2. The largest absolute Gasteiger partial charge is 0.459 e. The molecule has 2 heterocycles. The molecule has 2 amide bonds. The van der Waals surface area contributed by atoms with Gasteiger partial charge in [-0.05, 0) is 113 Å². The molecule has 0 radical (unpaired) electrons. The number of nitrogens with zero attached hydrogens (tertiary/aromatic N) is 2. The minimum absolute atomic E-state index is 0.0211. The van der Waals surface area contributed by atoms with Crippen LogP contribution in [-0.4, -0.2) is 90.2 Å². The first-order chi connectivity index (χ1) is 33.5. The van der Waals surface area contributed by atoms with Crippen LogP contribution in [0.15, 0.2) is 65.9 Å². The van der Waals surface area contributed by atoms with E-state index in [4.69, 9.17) is 38.4 Å². The fourth-order valence-electron chi connectivity index (χ4n) is 10.6. The highest BCUT2D eigenvalue weighted by molar-refractivity contribution is 6.03. The maximum atomic E-state index is 15.1. The third-order valence-electron chi connectivity index (χ3n) is 13.7. The number of hydrogen-bond acceptors (Lipinski definition) is 12. The first-order valence-electron chi connectivity index (χ1n) is 26.0. The van der Waals surface area contributed by atoms with E-state index >= 15 is 4.79 Å². The molecule has 0 saturated heterocycles. The number of ether oxygens (including phenoxy) is 6. The number of aliphatic hydroxyl groups is 2. The Balaban J connectivity index is 1.48. The zero-order valence-electron chi connectivity index (χ0n) is 42.1. The van der Waals surface area contributed by atoms with Crippen molar-refractivity contribution in [2.75, 3.05) is 39.8 Å². The summed E-state index contributed by atoms with van der Waals surface area (Å²) >= 11 is 0. The molecule has 2 aliphatic heterocycles. The Morgan fingerprint density at radius 3 is 2.28 bits per heavy atom. The molecule has 2 aromatic rings. The van der Waals surface area contributed by atoms with Crippen LogP contribution in [0.1, 0.15) is 161 Å². The van der Waals surface area contributed by atoms with Gasteiger partial charge in [-0.25, -0.2) is 9.59 Å². The second-order valence-corrected chi connectivity index (χ2v) is 20.0. The van der Waals surface area contributed by atoms with Gasteiger partial charge in [0.15, 0.2) is 11.5 Å². The molecule has 0 bridgehead atoms. The van der Waals surface area contributed by atoms with Crippen molar-refractivity contribution in [3.05, 3.63) is 71.8 Å². The number of carbonyl (C=O) groups excluding carboxylic acids is 2. The highest BCUT2D eigenvalue weighted by Gasteiger charge is 2.66. The van der Waals surface area contributed by atoms with Crippen LogP contribution in [0.3, 0.4) is 0 Å². The van der Waals surface area contributed by atoms with Crippen LogP contribution in [0, 0.1) is 17.8 Å². The first-order valence-corrected chi connectivity index (χ1v) is 26.0. The molecule has 2 aliphatic carbocycles. The lowest BCUT2D eigenvalue weighted by Gasteiger charge is -2.60. The molecule has 3 N–H and O–H groups in total. The number of amides is 2. The van der Waals surface area contributed by atoms with E-state index in [2.05, 4.69) is 24.9 Å². The summed E-state index contributed by atoms with van der Waals surface area (Å²) in [6.07, 6.45) is 19.1. The van der Waals surface area contributed by atoms with Crippen LogP contribution in [-0.2, 0) is 20.9 Å². The quantitative estimate of drug-likeness (QED) is 0.0422. The number of fused-ring (bicyclic) bond motifs is 3. The molecule has 0 unspecified atom stereocenters. The monoisotopic (exact) mass is 960 g/mol. The standard InChI is InChI=1S/C55H81N3O11/c1-7-10-11-12-13-14-15-16-17-22-32-63-53(62)58(37-39-25-27-47-48(33-39)65-38-64-47)49-36-45(57-69-54(4,5)6)43-34-40(23-18-20-29-59)42(24-19-21-30-60)50-44-35-41(67-52(61)56-9-3)26-28-46(44)68-55(49,51(43)50)66-31-8-2/h8,25-28,33-35,40,42,49-51,59-60H,2,7,9-24,29-32,36-38H2,1,3-6H3,(H,56,61)/t40-,42+,49-,50+,51+,55+/m0/s1. The average Bonchev–Trinajstić information content (AvgIpc) is 3.80. The summed E-state index contributed by atoms with van der Waals surface area (Å²) in [5.74, 6) is -0.252. The molecular weight excluding hydrogens is 879 g/mol. The van der Waals surface area contributed by atoms with Crippen molar-refractivity contribution in [3.8, 4) is 23.0 Å². The normalized spacial score (nSPS) is 22.7. The zero-order valence-corrected chi connectivity index (χ0v) is 42.1. The first kappa shape index (κ1) is 53.6. The Kier molecular flexibility index (Phi) is 20.5. The molecule has 69 heavy (non-hydrogen) atoms. The summed E-state index contributed by atoms with van der Waals surface area (Å²) in [5.41, 5.74) is 2.57. The average molecular weight is 960 g/mol. The lowest BCUT2D eigenvalue weighted by Crippen LogP contribution is -2.70. The van der Waals surface area contributed by atoms with Crippen molar-refractivity contribution in [2.24, 2.45) is 22.9 Å². The van der Waals surface area contributed by atoms with Gasteiger partial charge in [0, 0.05) is 44.2 Å². The number of allylic oxidation sites excluding steroid dienone is 1. The number of nitrogens with one attached hydrogen (secondary N) is 1. The molecule has 6 rings (SSSR count). The van der Waals surface area contributed by atoms with E-state index in [1.165, 1.54) is 44.9 Å². The Bertz CT molecular complexity index is 2030. The van der Waals surface area contributed by atoms with E-state index in [9.17, 15) is 15.0 Å². The maximum Gasteiger partial charge on any atom is 0.412 e.